The van der Waals surface area contributed by atoms with Gasteiger partial charge in [-0.3, -0.25) is 4.79 Å². The normalized spacial score (nSPS) is 12.3. The zero-order valence-electron chi connectivity index (χ0n) is 31.4. The Labute approximate surface area is 288 Å². The van der Waals surface area contributed by atoms with E-state index in [-0.39, 0.29) is 12.6 Å². The predicted molar refractivity (Wildman–Crippen MR) is 201 cm³/mol. The second-order valence-electron chi connectivity index (χ2n) is 14.1. The van der Waals surface area contributed by atoms with Gasteiger partial charge in [-0.2, -0.15) is 0 Å². The zero-order chi connectivity index (χ0) is 33.4. The number of carbonyl (C=O) groups is 1. The predicted octanol–water partition coefficient (Wildman–Crippen LogP) is 13.4. The van der Waals surface area contributed by atoms with Crippen molar-refractivity contribution in [1.29, 1.82) is 0 Å². The van der Waals surface area contributed by atoms with Crippen molar-refractivity contribution in [3.8, 4) is 0 Å². The first-order valence-corrected chi connectivity index (χ1v) is 20.8. The van der Waals surface area contributed by atoms with E-state index in [0.29, 0.717) is 19.6 Å². The quantitative estimate of drug-likeness (QED) is 0.0408. The molecule has 0 saturated carbocycles. The van der Waals surface area contributed by atoms with Gasteiger partial charge in [-0.25, -0.2) is 0 Å². The smallest absolute Gasteiger partial charge is 0.306 e. The maximum Gasteiger partial charge on any atom is 0.306 e. The number of aliphatic hydroxyl groups excluding tert-OH is 1. The third-order valence-electron chi connectivity index (χ3n) is 9.34. The van der Waals surface area contributed by atoms with Crippen LogP contribution < -0.4 is 0 Å². The minimum absolute atomic E-state index is 0.169. The topological polar surface area (TPSA) is 55.8 Å². The highest BCUT2D eigenvalue weighted by molar-refractivity contribution is 5.69. The summed E-state index contributed by atoms with van der Waals surface area (Å²) in [4.78, 5) is 12.2. The number of rotatable bonds is 39. The summed E-state index contributed by atoms with van der Waals surface area (Å²) in [7, 11) is 0. The van der Waals surface area contributed by atoms with Gasteiger partial charge in [0.1, 0.15) is 6.10 Å². The molecule has 4 heteroatoms. The van der Waals surface area contributed by atoms with Crippen LogP contribution in [-0.2, 0) is 14.3 Å². The summed E-state index contributed by atoms with van der Waals surface area (Å²) in [5, 5.41) is 9.57. The second kappa shape index (κ2) is 40.3. The molecule has 0 radical (unpaired) electrons. The molecule has 1 N–H and O–H groups in total. The van der Waals surface area contributed by atoms with Crippen molar-refractivity contribution < 1.29 is 19.4 Å². The van der Waals surface area contributed by atoms with Gasteiger partial charge in [0.2, 0.25) is 0 Å². The van der Waals surface area contributed by atoms with Gasteiger partial charge in [-0.1, -0.05) is 193 Å². The molecule has 0 aromatic carbocycles. The number of hydrogen-bond donors (Lipinski definition) is 1. The number of allylic oxidation sites excluding steroid dienone is 2. The van der Waals surface area contributed by atoms with Gasteiger partial charge in [0.25, 0.3) is 0 Å². The number of hydrogen-bond acceptors (Lipinski definition) is 4. The summed E-state index contributed by atoms with van der Waals surface area (Å²) in [6.45, 7) is 5.35. The monoisotopic (exact) mass is 651 g/mol. The Morgan fingerprint density at radius 3 is 1.28 bits per heavy atom. The lowest BCUT2D eigenvalue weighted by Gasteiger charge is -2.15. The van der Waals surface area contributed by atoms with Crippen molar-refractivity contribution in [1.82, 2.24) is 0 Å². The molecule has 1 atom stereocenters. The Balaban J connectivity index is 3.37. The molecule has 0 rings (SSSR count). The van der Waals surface area contributed by atoms with E-state index in [4.69, 9.17) is 9.47 Å². The van der Waals surface area contributed by atoms with Gasteiger partial charge >= 0.3 is 5.97 Å². The average Bonchev–Trinajstić information content (AvgIpc) is 3.06. The van der Waals surface area contributed by atoms with E-state index in [1.165, 1.54) is 186 Å². The van der Waals surface area contributed by atoms with Crippen molar-refractivity contribution in [2.24, 2.45) is 0 Å². The lowest BCUT2D eigenvalue weighted by molar-refractivity contribution is -0.154. The summed E-state index contributed by atoms with van der Waals surface area (Å²) >= 11 is 0. The van der Waals surface area contributed by atoms with Crippen molar-refractivity contribution in [3.63, 3.8) is 0 Å². The molecule has 274 valence electrons. The highest BCUT2D eigenvalue weighted by Crippen LogP contribution is 2.16. The number of esters is 1. The average molecular weight is 651 g/mol. The fraction of sp³-hybridized carbons (Fsp3) is 0.929. The largest absolute Gasteiger partial charge is 0.457 e. The van der Waals surface area contributed by atoms with E-state index in [2.05, 4.69) is 26.0 Å². The first-order chi connectivity index (χ1) is 22.7. The highest BCUT2D eigenvalue weighted by atomic mass is 16.6. The molecule has 4 nitrogen and oxygen atoms in total. The summed E-state index contributed by atoms with van der Waals surface area (Å²) in [6, 6.07) is 0. The Hall–Kier alpha value is -0.870. The fourth-order valence-corrected chi connectivity index (χ4v) is 6.21. The van der Waals surface area contributed by atoms with Gasteiger partial charge in [0, 0.05) is 13.0 Å². The SMILES string of the molecule is CCCCC/C=C\CCCCCCCCOCC(CO)OC(=O)CCCCCCCCCCCCCCCCCCCCCCC. The molecule has 0 aromatic rings. The van der Waals surface area contributed by atoms with E-state index < -0.39 is 6.10 Å². The van der Waals surface area contributed by atoms with Crippen LogP contribution in [0.4, 0.5) is 0 Å². The fourth-order valence-electron chi connectivity index (χ4n) is 6.21. The third-order valence-corrected chi connectivity index (χ3v) is 9.34. The van der Waals surface area contributed by atoms with Crippen LogP contribution in [0.15, 0.2) is 12.2 Å². The zero-order valence-corrected chi connectivity index (χ0v) is 31.4. The number of ether oxygens (including phenoxy) is 2. The molecule has 0 bridgehead atoms. The maximum atomic E-state index is 12.2. The van der Waals surface area contributed by atoms with Crippen LogP contribution in [0, 0.1) is 0 Å². The maximum absolute atomic E-state index is 12.2. The van der Waals surface area contributed by atoms with Crippen molar-refractivity contribution in [3.05, 3.63) is 12.2 Å². The van der Waals surface area contributed by atoms with E-state index in [1.807, 2.05) is 0 Å². The molecule has 0 heterocycles. The molecule has 0 spiro atoms. The van der Waals surface area contributed by atoms with Crippen LogP contribution in [0.1, 0.15) is 226 Å². The molecule has 0 aliphatic rings. The molecule has 46 heavy (non-hydrogen) atoms. The molecule has 0 aromatic heterocycles. The van der Waals surface area contributed by atoms with Gasteiger partial charge < -0.3 is 14.6 Å². The van der Waals surface area contributed by atoms with Crippen LogP contribution in [0.25, 0.3) is 0 Å². The standard InChI is InChI=1S/C42H82O4/c1-3-5-7-9-11-13-15-17-18-19-20-21-22-23-24-25-27-29-31-33-35-37-42(44)46-41(39-43)40-45-38-36-34-32-30-28-26-16-14-12-10-8-6-4-2/h12,14,41,43H,3-11,13,15-40H2,1-2H3/b14-12-. The second-order valence-corrected chi connectivity index (χ2v) is 14.1. The van der Waals surface area contributed by atoms with Crippen LogP contribution >= 0.6 is 0 Å². The Morgan fingerprint density at radius 1 is 0.500 bits per heavy atom. The first kappa shape index (κ1) is 45.1. The van der Waals surface area contributed by atoms with Crippen LogP contribution in [0.2, 0.25) is 0 Å². The molecule has 1 unspecified atom stereocenters. The minimum Gasteiger partial charge on any atom is -0.457 e. The van der Waals surface area contributed by atoms with Gasteiger partial charge in [0.05, 0.1) is 13.2 Å². The van der Waals surface area contributed by atoms with Gasteiger partial charge in [0.15, 0.2) is 0 Å². The number of carbonyl (C=O) groups excluding carboxylic acids is 1. The molecule has 0 aliphatic heterocycles. The molecule has 0 aliphatic carbocycles. The third kappa shape index (κ3) is 37.6. The van der Waals surface area contributed by atoms with Crippen molar-refractivity contribution in [2.45, 2.75) is 232 Å². The van der Waals surface area contributed by atoms with E-state index in [1.54, 1.807) is 0 Å². The number of aliphatic hydroxyl groups is 1. The van der Waals surface area contributed by atoms with E-state index in [9.17, 15) is 9.90 Å². The summed E-state index contributed by atoms with van der Waals surface area (Å²) in [5.41, 5.74) is 0. The summed E-state index contributed by atoms with van der Waals surface area (Å²) in [6.07, 6.45) is 47.0. The Morgan fingerprint density at radius 2 is 0.848 bits per heavy atom. The van der Waals surface area contributed by atoms with Crippen molar-refractivity contribution >= 4 is 5.97 Å². The van der Waals surface area contributed by atoms with Crippen molar-refractivity contribution in [2.75, 3.05) is 19.8 Å². The van der Waals surface area contributed by atoms with Gasteiger partial charge in [-0.05, 0) is 38.5 Å². The first-order valence-electron chi connectivity index (χ1n) is 20.8. The lowest BCUT2D eigenvalue weighted by Crippen LogP contribution is -2.27. The molecule has 0 fully saturated rings. The van der Waals surface area contributed by atoms with Crippen LogP contribution in [0.5, 0.6) is 0 Å². The number of unbranched alkanes of at least 4 members (excludes halogenated alkanes) is 29. The molecular formula is C42H82O4. The summed E-state index contributed by atoms with van der Waals surface area (Å²) < 4.78 is 11.1. The molecule has 0 amide bonds. The van der Waals surface area contributed by atoms with E-state index in [0.717, 1.165) is 19.3 Å². The summed E-state index contributed by atoms with van der Waals surface area (Å²) in [5.74, 6) is -0.198. The van der Waals surface area contributed by atoms with E-state index >= 15 is 0 Å². The lowest BCUT2D eigenvalue weighted by atomic mass is 10.0. The van der Waals surface area contributed by atoms with Gasteiger partial charge in [-0.15, -0.1) is 0 Å². The molecule has 0 saturated heterocycles. The Bertz CT molecular complexity index is 604. The highest BCUT2D eigenvalue weighted by Gasteiger charge is 2.13. The van der Waals surface area contributed by atoms with Crippen LogP contribution in [-0.4, -0.2) is 37.0 Å². The molecular weight excluding hydrogens is 568 g/mol. The van der Waals surface area contributed by atoms with Crippen LogP contribution in [0.3, 0.4) is 0 Å². The Kier molecular flexibility index (Phi) is 39.5. The minimum atomic E-state index is -0.530.